The van der Waals surface area contributed by atoms with Gasteiger partial charge in [-0.25, -0.2) is 4.98 Å². The van der Waals surface area contributed by atoms with Crippen molar-refractivity contribution < 1.29 is 9.47 Å². The quantitative estimate of drug-likeness (QED) is 0.772. The number of nitrogen functional groups attached to an aromatic ring is 1. The van der Waals surface area contributed by atoms with Crippen molar-refractivity contribution in [2.24, 2.45) is 0 Å². The lowest BCUT2D eigenvalue weighted by molar-refractivity contribution is 0.174. The highest BCUT2D eigenvalue weighted by Crippen LogP contribution is 2.38. The summed E-state index contributed by atoms with van der Waals surface area (Å²) in [6.45, 7) is 2.32. The number of fused-ring (bicyclic) bond motifs is 1. The lowest BCUT2D eigenvalue weighted by Crippen LogP contribution is -2.00. The van der Waals surface area contributed by atoms with Crippen molar-refractivity contribution >= 4 is 5.82 Å². The van der Waals surface area contributed by atoms with Crippen LogP contribution in [0, 0.1) is 11.3 Å². The molecule has 0 saturated carbocycles. The van der Waals surface area contributed by atoms with E-state index in [-0.39, 0.29) is 12.6 Å². The van der Waals surface area contributed by atoms with E-state index < -0.39 is 0 Å². The molecule has 2 aromatic carbocycles. The van der Waals surface area contributed by atoms with Crippen LogP contribution < -0.4 is 15.2 Å². The van der Waals surface area contributed by atoms with Gasteiger partial charge in [-0.05, 0) is 35.7 Å². The summed E-state index contributed by atoms with van der Waals surface area (Å²) in [5, 5.41) is 9.56. The number of hydrogen-bond acceptors (Lipinski definition) is 5. The lowest BCUT2D eigenvalue weighted by atomic mass is 9.97. The maximum absolute atomic E-state index is 9.56. The molecule has 0 bridgehead atoms. The average molecular weight is 343 g/mol. The Kier molecular flexibility index (Phi) is 3.94. The van der Waals surface area contributed by atoms with E-state index in [4.69, 9.17) is 15.2 Å². The Balaban J connectivity index is 1.85. The molecule has 3 aromatic rings. The van der Waals surface area contributed by atoms with Gasteiger partial charge in [-0.2, -0.15) is 5.26 Å². The van der Waals surface area contributed by atoms with Crippen molar-refractivity contribution in [3.63, 3.8) is 0 Å². The number of hydrogen-bond donors (Lipinski definition) is 1. The molecule has 1 aromatic heterocycles. The maximum atomic E-state index is 9.56. The van der Waals surface area contributed by atoms with Gasteiger partial charge in [0.1, 0.15) is 17.5 Å². The molecule has 0 aliphatic carbocycles. The fraction of sp³-hybridized carbons (Fsp3) is 0.143. The highest BCUT2D eigenvalue weighted by molar-refractivity contribution is 5.81. The van der Waals surface area contributed by atoms with Crippen LogP contribution in [0.5, 0.6) is 11.5 Å². The number of nitriles is 1. The number of aromatic nitrogens is 1. The second-order valence-corrected chi connectivity index (χ2v) is 6.05. The minimum absolute atomic E-state index is 0.206. The lowest BCUT2D eigenvalue weighted by Gasteiger charge is -2.11. The number of rotatable bonds is 3. The summed E-state index contributed by atoms with van der Waals surface area (Å²) in [6, 6.07) is 17.9. The van der Waals surface area contributed by atoms with Crippen LogP contribution in [0.3, 0.4) is 0 Å². The van der Waals surface area contributed by atoms with Gasteiger partial charge in [-0.3, -0.25) is 0 Å². The topological polar surface area (TPSA) is 81.2 Å². The monoisotopic (exact) mass is 343 g/mol. The highest BCUT2D eigenvalue weighted by Gasteiger charge is 2.18. The van der Waals surface area contributed by atoms with E-state index in [0.29, 0.717) is 17.1 Å². The van der Waals surface area contributed by atoms with Gasteiger partial charge in [0.25, 0.3) is 0 Å². The Bertz CT molecular complexity index is 1020. The van der Waals surface area contributed by atoms with E-state index in [0.717, 1.165) is 28.8 Å². The second kappa shape index (κ2) is 6.41. The zero-order valence-corrected chi connectivity index (χ0v) is 14.3. The molecule has 26 heavy (non-hydrogen) atoms. The Morgan fingerprint density at radius 1 is 1.04 bits per heavy atom. The van der Waals surface area contributed by atoms with Crippen molar-refractivity contribution in [3.05, 3.63) is 59.7 Å². The molecule has 0 saturated heterocycles. The van der Waals surface area contributed by atoms with E-state index in [1.165, 1.54) is 5.56 Å². The Morgan fingerprint density at radius 3 is 2.50 bits per heavy atom. The molecule has 0 radical (unpaired) electrons. The van der Waals surface area contributed by atoms with Crippen molar-refractivity contribution in [2.75, 3.05) is 12.5 Å². The van der Waals surface area contributed by atoms with Crippen LogP contribution in [-0.4, -0.2) is 11.8 Å². The molecule has 1 aliphatic heterocycles. The predicted octanol–water partition coefficient (Wildman–Crippen LogP) is 4.16. The molecule has 0 unspecified atom stereocenters. The van der Waals surface area contributed by atoms with Gasteiger partial charge in [0.05, 0.1) is 5.69 Å². The van der Waals surface area contributed by atoms with Crippen molar-refractivity contribution in [1.82, 2.24) is 4.98 Å². The SMILES string of the molecule is CCc1ccc(-c2cc(-c3ccc4c(c3)OCO4)c(C#N)c(N)n2)cc1. The first-order valence-corrected chi connectivity index (χ1v) is 8.39. The van der Waals surface area contributed by atoms with Crippen LogP contribution in [0.4, 0.5) is 5.82 Å². The summed E-state index contributed by atoms with van der Waals surface area (Å²) in [4.78, 5) is 4.43. The van der Waals surface area contributed by atoms with Crippen LogP contribution in [0.1, 0.15) is 18.1 Å². The van der Waals surface area contributed by atoms with E-state index >= 15 is 0 Å². The normalized spacial score (nSPS) is 12.0. The summed E-state index contributed by atoms with van der Waals surface area (Å²) in [6.07, 6.45) is 0.978. The fourth-order valence-corrected chi connectivity index (χ4v) is 3.03. The average Bonchev–Trinajstić information content (AvgIpc) is 3.15. The molecule has 5 heteroatoms. The van der Waals surface area contributed by atoms with Crippen LogP contribution in [0.2, 0.25) is 0 Å². The second-order valence-electron chi connectivity index (χ2n) is 6.05. The Hall–Kier alpha value is -3.52. The standard InChI is InChI=1S/C21H17N3O2/c1-2-13-3-5-14(6-4-13)18-10-16(17(11-22)21(23)24-18)15-7-8-19-20(9-15)26-12-25-19/h3-10H,2,12H2,1H3,(H2,23,24). The summed E-state index contributed by atoms with van der Waals surface area (Å²) >= 11 is 0. The van der Waals surface area contributed by atoms with E-state index in [1.807, 2.05) is 36.4 Å². The van der Waals surface area contributed by atoms with Crippen LogP contribution in [-0.2, 0) is 6.42 Å². The number of aryl methyl sites for hydroxylation is 1. The third-order valence-electron chi connectivity index (χ3n) is 4.50. The first kappa shape index (κ1) is 16.0. The Labute approximate surface area is 151 Å². The number of anilines is 1. The molecule has 0 amide bonds. The fourth-order valence-electron chi connectivity index (χ4n) is 3.03. The Morgan fingerprint density at radius 2 is 1.77 bits per heavy atom. The summed E-state index contributed by atoms with van der Waals surface area (Å²) < 4.78 is 10.8. The van der Waals surface area contributed by atoms with Crippen LogP contribution in [0.25, 0.3) is 22.4 Å². The molecule has 0 fully saturated rings. The summed E-state index contributed by atoms with van der Waals surface area (Å²) in [5.74, 6) is 1.58. The minimum Gasteiger partial charge on any atom is -0.454 e. The van der Waals surface area contributed by atoms with Crippen molar-refractivity contribution in [1.29, 1.82) is 5.26 Å². The summed E-state index contributed by atoms with van der Waals surface area (Å²) in [5.41, 5.74) is 11.0. The van der Waals surface area contributed by atoms with Gasteiger partial charge in [0.2, 0.25) is 6.79 Å². The van der Waals surface area contributed by atoms with Gasteiger partial charge >= 0.3 is 0 Å². The molecular weight excluding hydrogens is 326 g/mol. The van der Waals surface area contributed by atoms with E-state index in [1.54, 1.807) is 0 Å². The van der Waals surface area contributed by atoms with E-state index in [9.17, 15) is 5.26 Å². The maximum Gasteiger partial charge on any atom is 0.231 e. The highest BCUT2D eigenvalue weighted by atomic mass is 16.7. The molecule has 2 N–H and O–H groups in total. The number of pyridine rings is 1. The van der Waals surface area contributed by atoms with Gasteiger partial charge in [0, 0.05) is 11.1 Å². The molecule has 2 heterocycles. The van der Waals surface area contributed by atoms with E-state index in [2.05, 4.69) is 30.1 Å². The predicted molar refractivity (Wildman–Crippen MR) is 99.7 cm³/mol. The van der Waals surface area contributed by atoms with Gasteiger partial charge in [0.15, 0.2) is 11.5 Å². The van der Waals surface area contributed by atoms with Crippen LogP contribution >= 0.6 is 0 Å². The third kappa shape index (κ3) is 2.72. The zero-order chi connectivity index (χ0) is 18.1. The minimum atomic E-state index is 0.206. The molecule has 4 rings (SSSR count). The zero-order valence-electron chi connectivity index (χ0n) is 14.3. The first-order valence-electron chi connectivity index (χ1n) is 8.39. The van der Waals surface area contributed by atoms with Gasteiger partial charge in [-0.1, -0.05) is 37.3 Å². The molecular formula is C21H17N3O2. The summed E-state index contributed by atoms with van der Waals surface area (Å²) in [7, 11) is 0. The van der Waals surface area contributed by atoms with Crippen LogP contribution in [0.15, 0.2) is 48.5 Å². The molecule has 0 spiro atoms. The van der Waals surface area contributed by atoms with Gasteiger partial charge in [-0.15, -0.1) is 0 Å². The van der Waals surface area contributed by atoms with Crippen molar-refractivity contribution in [3.8, 4) is 40.0 Å². The number of nitrogens with two attached hydrogens (primary N) is 1. The number of benzene rings is 2. The largest absolute Gasteiger partial charge is 0.454 e. The number of nitrogens with zero attached hydrogens (tertiary/aromatic N) is 2. The molecule has 0 atom stereocenters. The van der Waals surface area contributed by atoms with Gasteiger partial charge < -0.3 is 15.2 Å². The molecule has 1 aliphatic rings. The first-order chi connectivity index (χ1) is 12.7. The number of ether oxygens (including phenoxy) is 2. The third-order valence-corrected chi connectivity index (χ3v) is 4.50. The molecule has 128 valence electrons. The smallest absolute Gasteiger partial charge is 0.231 e. The van der Waals surface area contributed by atoms with Crippen molar-refractivity contribution in [2.45, 2.75) is 13.3 Å². The molecule has 5 nitrogen and oxygen atoms in total.